The first-order valence-corrected chi connectivity index (χ1v) is 7.99. The molecule has 2 aliphatic rings. The van der Waals surface area contributed by atoms with Gasteiger partial charge in [-0.25, -0.2) is 0 Å². The van der Waals surface area contributed by atoms with E-state index in [0.29, 0.717) is 28.7 Å². The molecule has 20 heavy (non-hydrogen) atoms. The number of fused-ring (bicyclic) bond motifs is 1. The van der Waals surface area contributed by atoms with E-state index in [1.165, 1.54) is 12.8 Å². The van der Waals surface area contributed by atoms with Crippen LogP contribution in [0.5, 0.6) is 0 Å². The number of ether oxygens (including phenoxy) is 1. The molecule has 2 N–H and O–H groups in total. The summed E-state index contributed by atoms with van der Waals surface area (Å²) in [6.45, 7) is 2.23. The molecule has 1 aliphatic carbocycles. The third kappa shape index (κ3) is 2.58. The zero-order valence-electron chi connectivity index (χ0n) is 11.4. The average Bonchev–Trinajstić information content (AvgIpc) is 2.93. The Kier molecular flexibility index (Phi) is 4.53. The number of halogens is 2. The summed E-state index contributed by atoms with van der Waals surface area (Å²) in [5.41, 5.74) is 7.09. The van der Waals surface area contributed by atoms with E-state index in [1.807, 2.05) is 18.2 Å². The maximum absolute atomic E-state index is 6.38. The summed E-state index contributed by atoms with van der Waals surface area (Å²) in [4.78, 5) is 2.47. The lowest BCUT2D eigenvalue weighted by molar-refractivity contribution is -0.0711. The molecule has 0 bridgehead atoms. The maximum atomic E-state index is 6.38. The topological polar surface area (TPSA) is 38.5 Å². The number of rotatable bonds is 3. The van der Waals surface area contributed by atoms with E-state index in [0.717, 1.165) is 25.1 Å². The van der Waals surface area contributed by atoms with E-state index in [-0.39, 0.29) is 6.04 Å². The lowest BCUT2D eigenvalue weighted by atomic mass is 10.0. The minimum atomic E-state index is 0.121. The first-order valence-electron chi connectivity index (χ1n) is 7.23. The Bertz CT molecular complexity index is 483. The van der Waals surface area contributed by atoms with Gasteiger partial charge in [0.2, 0.25) is 0 Å². The van der Waals surface area contributed by atoms with Gasteiger partial charge in [-0.3, -0.25) is 4.90 Å². The van der Waals surface area contributed by atoms with Crippen molar-refractivity contribution in [1.29, 1.82) is 0 Å². The van der Waals surface area contributed by atoms with E-state index in [1.54, 1.807) is 0 Å². The second-order valence-corrected chi connectivity index (χ2v) is 6.33. The third-order valence-corrected chi connectivity index (χ3v) is 5.32. The summed E-state index contributed by atoms with van der Waals surface area (Å²) < 4.78 is 5.88. The molecule has 1 heterocycles. The lowest BCUT2D eigenvalue weighted by Crippen LogP contribution is -2.51. The van der Waals surface area contributed by atoms with Crippen molar-refractivity contribution in [3.8, 4) is 0 Å². The fourth-order valence-corrected chi connectivity index (χ4v) is 4.00. The Morgan fingerprint density at radius 2 is 2.20 bits per heavy atom. The normalized spacial score (nSPS) is 28.4. The molecule has 5 heteroatoms. The molecule has 1 aliphatic heterocycles. The van der Waals surface area contributed by atoms with Crippen LogP contribution in [0.3, 0.4) is 0 Å². The molecular weight excluding hydrogens is 295 g/mol. The van der Waals surface area contributed by atoms with E-state index in [9.17, 15) is 0 Å². The van der Waals surface area contributed by atoms with Crippen molar-refractivity contribution >= 4 is 23.2 Å². The van der Waals surface area contributed by atoms with Crippen molar-refractivity contribution in [2.24, 2.45) is 5.73 Å². The Balaban J connectivity index is 1.90. The molecule has 0 spiro atoms. The summed E-state index contributed by atoms with van der Waals surface area (Å²) in [5.74, 6) is 0. The fourth-order valence-electron chi connectivity index (χ4n) is 3.56. The molecule has 3 atom stereocenters. The number of benzene rings is 1. The van der Waals surface area contributed by atoms with Crippen LogP contribution in [-0.4, -0.2) is 36.7 Å². The van der Waals surface area contributed by atoms with Gasteiger partial charge in [0, 0.05) is 25.2 Å². The Hall–Kier alpha value is -0.320. The average molecular weight is 315 g/mol. The van der Waals surface area contributed by atoms with Gasteiger partial charge in [-0.2, -0.15) is 0 Å². The van der Waals surface area contributed by atoms with Gasteiger partial charge < -0.3 is 10.5 Å². The predicted octanol–water partition coefficient (Wildman–Crippen LogP) is 3.25. The molecule has 3 unspecified atom stereocenters. The van der Waals surface area contributed by atoms with Crippen LogP contribution in [0.25, 0.3) is 0 Å². The Labute approximate surface area is 130 Å². The van der Waals surface area contributed by atoms with Gasteiger partial charge in [0.1, 0.15) is 0 Å². The molecule has 0 aromatic heterocycles. The molecule has 0 radical (unpaired) electrons. The Morgan fingerprint density at radius 3 is 3.00 bits per heavy atom. The highest BCUT2D eigenvalue weighted by molar-refractivity contribution is 6.42. The quantitative estimate of drug-likeness (QED) is 0.930. The summed E-state index contributed by atoms with van der Waals surface area (Å²) in [5, 5.41) is 1.23. The standard InChI is InChI=1S/C15H20Cl2N2O/c16-11-4-1-3-10(15(11)17)13(9-18)19-7-8-20-14-6-2-5-12(14)19/h1,3-4,12-14H,2,5-9,18H2. The zero-order valence-corrected chi connectivity index (χ0v) is 12.9. The second kappa shape index (κ2) is 6.20. The monoisotopic (exact) mass is 314 g/mol. The molecule has 3 nitrogen and oxygen atoms in total. The highest BCUT2D eigenvalue weighted by atomic mass is 35.5. The van der Waals surface area contributed by atoms with Crippen LogP contribution in [0.4, 0.5) is 0 Å². The van der Waals surface area contributed by atoms with Crippen LogP contribution in [0.15, 0.2) is 18.2 Å². The van der Waals surface area contributed by atoms with E-state index < -0.39 is 0 Å². The molecule has 3 rings (SSSR count). The fraction of sp³-hybridized carbons (Fsp3) is 0.600. The molecule has 0 amide bonds. The number of hydrogen-bond acceptors (Lipinski definition) is 3. The third-order valence-electron chi connectivity index (χ3n) is 4.49. The van der Waals surface area contributed by atoms with Crippen LogP contribution in [0, 0.1) is 0 Å². The van der Waals surface area contributed by atoms with Crippen LogP contribution >= 0.6 is 23.2 Å². The summed E-state index contributed by atoms with van der Waals surface area (Å²) in [6, 6.07) is 6.38. The van der Waals surface area contributed by atoms with Crippen molar-refractivity contribution in [3.05, 3.63) is 33.8 Å². The van der Waals surface area contributed by atoms with Gasteiger partial charge in [-0.05, 0) is 30.9 Å². The number of morpholine rings is 1. The highest BCUT2D eigenvalue weighted by Gasteiger charge is 2.39. The van der Waals surface area contributed by atoms with Gasteiger partial charge in [0.15, 0.2) is 0 Å². The maximum Gasteiger partial charge on any atom is 0.0731 e. The summed E-state index contributed by atoms with van der Waals surface area (Å²) in [7, 11) is 0. The first kappa shape index (κ1) is 14.6. The minimum Gasteiger partial charge on any atom is -0.375 e. The second-order valence-electron chi connectivity index (χ2n) is 5.54. The van der Waals surface area contributed by atoms with Crippen molar-refractivity contribution in [1.82, 2.24) is 4.90 Å². The summed E-state index contributed by atoms with van der Waals surface area (Å²) in [6.07, 6.45) is 3.92. The lowest BCUT2D eigenvalue weighted by Gasteiger charge is -2.42. The van der Waals surface area contributed by atoms with Crippen LogP contribution in [0.2, 0.25) is 10.0 Å². The van der Waals surface area contributed by atoms with Crippen LogP contribution in [0.1, 0.15) is 30.9 Å². The Morgan fingerprint density at radius 1 is 1.35 bits per heavy atom. The van der Waals surface area contributed by atoms with Crippen molar-refractivity contribution in [2.75, 3.05) is 19.7 Å². The van der Waals surface area contributed by atoms with Crippen LogP contribution < -0.4 is 5.73 Å². The van der Waals surface area contributed by atoms with Crippen molar-refractivity contribution in [3.63, 3.8) is 0 Å². The van der Waals surface area contributed by atoms with Gasteiger partial charge in [-0.1, -0.05) is 35.3 Å². The highest BCUT2D eigenvalue weighted by Crippen LogP contribution is 2.38. The predicted molar refractivity (Wildman–Crippen MR) is 82.3 cm³/mol. The van der Waals surface area contributed by atoms with Crippen molar-refractivity contribution < 1.29 is 4.74 Å². The first-order chi connectivity index (χ1) is 9.72. The summed E-state index contributed by atoms with van der Waals surface area (Å²) >= 11 is 12.5. The van der Waals surface area contributed by atoms with Gasteiger partial charge in [0.25, 0.3) is 0 Å². The SMILES string of the molecule is NCC(c1cccc(Cl)c1Cl)N1CCOC2CCCC21. The minimum absolute atomic E-state index is 0.121. The molecule has 1 aromatic carbocycles. The number of nitrogens with zero attached hydrogens (tertiary/aromatic N) is 1. The van der Waals surface area contributed by atoms with Gasteiger partial charge in [-0.15, -0.1) is 0 Å². The molecule has 1 saturated heterocycles. The zero-order chi connectivity index (χ0) is 14.1. The van der Waals surface area contributed by atoms with Crippen molar-refractivity contribution in [2.45, 2.75) is 37.5 Å². The van der Waals surface area contributed by atoms with E-state index in [4.69, 9.17) is 33.7 Å². The van der Waals surface area contributed by atoms with E-state index in [2.05, 4.69) is 4.90 Å². The van der Waals surface area contributed by atoms with E-state index >= 15 is 0 Å². The molecular formula is C15H20Cl2N2O. The van der Waals surface area contributed by atoms with Crippen LogP contribution in [-0.2, 0) is 4.74 Å². The molecule has 1 aromatic rings. The number of nitrogens with two attached hydrogens (primary N) is 1. The smallest absolute Gasteiger partial charge is 0.0731 e. The molecule has 1 saturated carbocycles. The van der Waals surface area contributed by atoms with Gasteiger partial charge >= 0.3 is 0 Å². The molecule has 2 fully saturated rings. The van der Waals surface area contributed by atoms with Gasteiger partial charge in [0.05, 0.1) is 22.8 Å². The molecule has 110 valence electrons. The largest absolute Gasteiger partial charge is 0.375 e. The number of hydrogen-bond donors (Lipinski definition) is 1.